The maximum absolute atomic E-state index is 12.0. The van der Waals surface area contributed by atoms with E-state index in [1.165, 1.54) is 0 Å². The summed E-state index contributed by atoms with van der Waals surface area (Å²) in [5.41, 5.74) is 0. The van der Waals surface area contributed by atoms with Crippen LogP contribution in [-0.2, 0) is 9.53 Å². The van der Waals surface area contributed by atoms with E-state index >= 15 is 0 Å². The molecule has 6 heteroatoms. The smallest absolute Gasteiger partial charge is 0.317 e. The number of piperidine rings is 1. The number of hydrogen-bond donors (Lipinski definition) is 2. The predicted molar refractivity (Wildman–Crippen MR) is 80.2 cm³/mol. The van der Waals surface area contributed by atoms with Crippen LogP contribution >= 0.6 is 0 Å². The fourth-order valence-electron chi connectivity index (χ4n) is 2.46. The highest BCUT2D eigenvalue weighted by molar-refractivity contribution is 5.74. The van der Waals surface area contributed by atoms with Gasteiger partial charge in [0.25, 0.3) is 0 Å². The van der Waals surface area contributed by atoms with E-state index in [1.54, 1.807) is 4.90 Å². The second-order valence-electron chi connectivity index (χ2n) is 6.11. The molecule has 21 heavy (non-hydrogen) atoms. The van der Waals surface area contributed by atoms with E-state index in [9.17, 15) is 9.59 Å². The highest BCUT2D eigenvalue weighted by atomic mass is 16.5. The van der Waals surface area contributed by atoms with Gasteiger partial charge in [0.2, 0.25) is 0 Å². The molecule has 1 saturated heterocycles. The van der Waals surface area contributed by atoms with Gasteiger partial charge in [0.05, 0.1) is 0 Å². The highest BCUT2D eigenvalue weighted by Crippen LogP contribution is 2.19. The molecule has 2 N–H and O–H groups in total. The minimum atomic E-state index is -0.787. The van der Waals surface area contributed by atoms with Crippen LogP contribution in [0.3, 0.4) is 0 Å². The van der Waals surface area contributed by atoms with Crippen molar-refractivity contribution < 1.29 is 19.4 Å². The normalized spacial score (nSPS) is 18.8. The molecule has 0 aromatic carbocycles. The fraction of sp³-hybridized carbons (Fsp3) is 0.867. The van der Waals surface area contributed by atoms with Crippen LogP contribution in [0, 0.1) is 11.8 Å². The standard InChI is InChI=1S/C15H28N2O4/c1-12(2)11-21-8-4-6-16-15(20)17-7-3-5-13(10-17)9-14(18)19/h12-13H,3-11H2,1-2H3,(H,16,20)(H,18,19). The lowest BCUT2D eigenvalue weighted by Gasteiger charge is -2.32. The Morgan fingerprint density at radius 3 is 2.86 bits per heavy atom. The summed E-state index contributed by atoms with van der Waals surface area (Å²) >= 11 is 0. The zero-order chi connectivity index (χ0) is 15.7. The van der Waals surface area contributed by atoms with Gasteiger partial charge in [0, 0.05) is 39.3 Å². The molecule has 1 rings (SSSR count). The maximum Gasteiger partial charge on any atom is 0.317 e. The number of urea groups is 1. The van der Waals surface area contributed by atoms with Crippen molar-refractivity contribution in [1.29, 1.82) is 0 Å². The van der Waals surface area contributed by atoms with Crippen molar-refractivity contribution >= 4 is 12.0 Å². The lowest BCUT2D eigenvalue weighted by atomic mass is 9.95. The van der Waals surface area contributed by atoms with Gasteiger partial charge in [-0.15, -0.1) is 0 Å². The van der Waals surface area contributed by atoms with E-state index in [2.05, 4.69) is 19.2 Å². The SMILES string of the molecule is CC(C)COCCCNC(=O)N1CCCC(CC(=O)O)C1. The molecule has 0 saturated carbocycles. The van der Waals surface area contributed by atoms with Crippen LogP contribution in [0.5, 0.6) is 0 Å². The number of ether oxygens (including phenoxy) is 1. The number of amides is 2. The third kappa shape index (κ3) is 7.90. The number of carboxylic acids is 1. The molecule has 1 atom stereocenters. The maximum atomic E-state index is 12.0. The summed E-state index contributed by atoms with van der Waals surface area (Å²) in [4.78, 5) is 24.5. The molecule has 0 radical (unpaired) electrons. The molecule has 6 nitrogen and oxygen atoms in total. The first-order chi connectivity index (χ1) is 9.99. The van der Waals surface area contributed by atoms with Crippen molar-refractivity contribution in [3.8, 4) is 0 Å². The first-order valence-electron chi connectivity index (χ1n) is 7.81. The van der Waals surface area contributed by atoms with Gasteiger partial charge in [-0.05, 0) is 31.1 Å². The first-order valence-corrected chi connectivity index (χ1v) is 7.81. The van der Waals surface area contributed by atoms with Crippen molar-refractivity contribution in [2.24, 2.45) is 11.8 Å². The van der Waals surface area contributed by atoms with Crippen LogP contribution in [0.15, 0.2) is 0 Å². The number of nitrogens with one attached hydrogen (secondary N) is 1. The lowest BCUT2D eigenvalue weighted by molar-refractivity contribution is -0.138. The Morgan fingerprint density at radius 1 is 1.43 bits per heavy atom. The number of nitrogens with zero attached hydrogens (tertiary/aromatic N) is 1. The molecule has 0 aromatic rings. The number of carbonyl (C=O) groups excluding carboxylic acids is 1. The van der Waals surface area contributed by atoms with Crippen molar-refractivity contribution in [3.63, 3.8) is 0 Å². The Balaban J connectivity index is 2.15. The summed E-state index contributed by atoms with van der Waals surface area (Å²) < 4.78 is 5.45. The molecular formula is C15H28N2O4. The number of likely N-dealkylation sites (tertiary alicyclic amines) is 1. The zero-order valence-electron chi connectivity index (χ0n) is 13.1. The van der Waals surface area contributed by atoms with Gasteiger partial charge in [-0.2, -0.15) is 0 Å². The van der Waals surface area contributed by atoms with E-state index in [0.717, 1.165) is 25.9 Å². The molecule has 0 spiro atoms. The van der Waals surface area contributed by atoms with Crippen molar-refractivity contribution in [3.05, 3.63) is 0 Å². The van der Waals surface area contributed by atoms with Gasteiger partial charge in [0.15, 0.2) is 0 Å². The van der Waals surface area contributed by atoms with Gasteiger partial charge < -0.3 is 20.1 Å². The largest absolute Gasteiger partial charge is 0.481 e. The van der Waals surface area contributed by atoms with Gasteiger partial charge in [-0.25, -0.2) is 4.79 Å². The summed E-state index contributed by atoms with van der Waals surface area (Å²) in [5, 5.41) is 11.7. The van der Waals surface area contributed by atoms with Crippen LogP contribution in [0.4, 0.5) is 4.79 Å². The molecule has 1 aliphatic rings. The van der Waals surface area contributed by atoms with Gasteiger partial charge >= 0.3 is 12.0 Å². The number of carbonyl (C=O) groups is 2. The lowest BCUT2D eigenvalue weighted by Crippen LogP contribution is -2.46. The summed E-state index contributed by atoms with van der Waals surface area (Å²) in [6.45, 7) is 7.46. The van der Waals surface area contributed by atoms with E-state index in [1.807, 2.05) is 0 Å². The van der Waals surface area contributed by atoms with Crippen LogP contribution < -0.4 is 5.32 Å². The minimum Gasteiger partial charge on any atom is -0.481 e. The summed E-state index contributed by atoms with van der Waals surface area (Å²) in [7, 11) is 0. The summed E-state index contributed by atoms with van der Waals surface area (Å²) in [5.74, 6) is -0.181. The monoisotopic (exact) mass is 300 g/mol. The van der Waals surface area contributed by atoms with E-state index < -0.39 is 5.97 Å². The Kier molecular flexibility index (Phi) is 8.12. The highest BCUT2D eigenvalue weighted by Gasteiger charge is 2.24. The number of rotatable bonds is 8. The van der Waals surface area contributed by atoms with E-state index in [-0.39, 0.29) is 18.4 Å². The Morgan fingerprint density at radius 2 is 2.19 bits per heavy atom. The second kappa shape index (κ2) is 9.60. The van der Waals surface area contributed by atoms with Gasteiger partial charge in [-0.3, -0.25) is 4.79 Å². The average Bonchev–Trinajstić information content (AvgIpc) is 2.41. The molecule has 1 heterocycles. The molecule has 1 unspecified atom stereocenters. The average molecular weight is 300 g/mol. The number of aliphatic carboxylic acids is 1. The van der Waals surface area contributed by atoms with Gasteiger partial charge in [-0.1, -0.05) is 13.8 Å². The van der Waals surface area contributed by atoms with Crippen LogP contribution in [0.1, 0.15) is 39.5 Å². The minimum absolute atomic E-state index is 0.0800. The van der Waals surface area contributed by atoms with Crippen molar-refractivity contribution in [2.75, 3.05) is 32.8 Å². The van der Waals surface area contributed by atoms with Crippen molar-refractivity contribution in [1.82, 2.24) is 10.2 Å². The molecular weight excluding hydrogens is 272 g/mol. The Labute approximate surface area is 126 Å². The fourth-order valence-corrected chi connectivity index (χ4v) is 2.46. The van der Waals surface area contributed by atoms with E-state index in [0.29, 0.717) is 32.2 Å². The molecule has 0 bridgehead atoms. The number of hydrogen-bond acceptors (Lipinski definition) is 3. The first kappa shape index (κ1) is 17.8. The molecule has 1 fully saturated rings. The molecule has 1 aliphatic heterocycles. The zero-order valence-corrected chi connectivity index (χ0v) is 13.1. The quantitative estimate of drug-likeness (QED) is 0.672. The molecule has 122 valence electrons. The van der Waals surface area contributed by atoms with Crippen LogP contribution in [0.25, 0.3) is 0 Å². The Bertz CT molecular complexity index is 334. The third-order valence-electron chi connectivity index (χ3n) is 3.46. The summed E-state index contributed by atoms with van der Waals surface area (Å²) in [6.07, 6.45) is 2.71. The van der Waals surface area contributed by atoms with Gasteiger partial charge in [0.1, 0.15) is 0 Å². The second-order valence-corrected chi connectivity index (χ2v) is 6.11. The summed E-state index contributed by atoms with van der Waals surface area (Å²) in [6, 6.07) is -0.0889. The van der Waals surface area contributed by atoms with Crippen LogP contribution in [0.2, 0.25) is 0 Å². The van der Waals surface area contributed by atoms with Crippen molar-refractivity contribution in [2.45, 2.75) is 39.5 Å². The Hall–Kier alpha value is -1.30. The molecule has 2 amide bonds. The third-order valence-corrected chi connectivity index (χ3v) is 3.46. The predicted octanol–water partition coefficient (Wildman–Crippen LogP) is 1.95. The molecule has 0 aliphatic carbocycles. The van der Waals surface area contributed by atoms with Crippen LogP contribution in [-0.4, -0.2) is 54.9 Å². The van der Waals surface area contributed by atoms with E-state index in [4.69, 9.17) is 9.84 Å². The topological polar surface area (TPSA) is 78.9 Å². The number of carboxylic acid groups (broad SMARTS) is 1. The molecule has 0 aromatic heterocycles.